The molecule has 6 rings (SSSR count). The second-order valence-corrected chi connectivity index (χ2v) is 10.5. The van der Waals surface area contributed by atoms with Crippen molar-refractivity contribution in [2.45, 2.75) is 75.9 Å². The first-order valence-electron chi connectivity index (χ1n) is 14.4. The van der Waals surface area contributed by atoms with Crippen LogP contribution in [0.2, 0.25) is 0 Å². The number of nitrogens with zero attached hydrogens (tertiary/aromatic N) is 3. The van der Waals surface area contributed by atoms with Crippen LogP contribution in [0.5, 0.6) is 0 Å². The Labute approximate surface area is 263 Å². The average molecular weight is 778 g/mol. The molecule has 0 amide bonds. The molecule has 0 N–H and O–H groups in total. The van der Waals surface area contributed by atoms with Crippen molar-refractivity contribution < 1.29 is 46.4 Å². The molecule has 0 aliphatic carbocycles. The fourth-order valence-corrected chi connectivity index (χ4v) is 5.21. The summed E-state index contributed by atoms with van der Waals surface area (Å²) in [4.78, 5) is 0. The summed E-state index contributed by atoms with van der Waals surface area (Å²) in [6.07, 6.45) is 8.91. The average Bonchev–Trinajstić information content (AvgIpc) is 2.99. The first-order chi connectivity index (χ1) is 20.3. The zero-order valence-corrected chi connectivity index (χ0v) is 26.0. The van der Waals surface area contributed by atoms with E-state index in [1.54, 1.807) is 0 Å². The van der Waals surface area contributed by atoms with Gasteiger partial charge >= 0.3 is 0 Å². The molecule has 3 nitrogen and oxygen atoms in total. The molecule has 0 bridgehead atoms. The second-order valence-electron chi connectivity index (χ2n) is 10.5. The maximum atomic E-state index is 13.3. The summed E-state index contributed by atoms with van der Waals surface area (Å²) in [5.74, 6) is -3.33. The Bertz CT molecular complexity index is 1120. The van der Waals surface area contributed by atoms with E-state index >= 15 is 0 Å². The molecule has 3 aromatic rings. The van der Waals surface area contributed by atoms with Gasteiger partial charge in [0.15, 0.2) is 0 Å². The van der Waals surface area contributed by atoms with E-state index in [2.05, 4.69) is 34.1 Å². The predicted octanol–water partition coefficient (Wildman–Crippen LogP) is 10.1. The molecule has 10 heteroatoms. The fraction of sp³-hybridized carbons (Fsp3) is 0.455. The topological polar surface area (TPSA) is 42.3 Å². The van der Waals surface area contributed by atoms with Gasteiger partial charge in [-0.05, 0) is 0 Å². The minimum absolute atomic E-state index is 0. The van der Waals surface area contributed by atoms with E-state index in [9.17, 15) is 26.3 Å². The zero-order valence-electron chi connectivity index (χ0n) is 23.6. The van der Waals surface area contributed by atoms with Gasteiger partial charge in [0, 0.05) is 55.0 Å². The van der Waals surface area contributed by atoms with E-state index < -0.39 is 34.9 Å². The molecule has 3 unspecified atom stereocenters. The van der Waals surface area contributed by atoms with Crippen LogP contribution in [0.3, 0.4) is 0 Å². The van der Waals surface area contributed by atoms with E-state index in [0.717, 1.165) is 95.6 Å². The third-order valence-corrected chi connectivity index (χ3v) is 7.37. The molecule has 3 fully saturated rings. The van der Waals surface area contributed by atoms with E-state index in [1.807, 2.05) is 0 Å². The smallest absolute Gasteiger partial charge is 0.0132 e. The first-order valence-corrected chi connectivity index (χ1v) is 14.4. The Morgan fingerprint density at radius 3 is 0.953 bits per heavy atom. The van der Waals surface area contributed by atoms with Gasteiger partial charge in [0.25, 0.3) is 0 Å². The number of piperidine rings is 3. The molecule has 3 atom stereocenters. The molecular weight excluding hydrogens is 745 g/mol. The number of hydrogen-bond acceptors (Lipinski definition) is 0. The van der Waals surface area contributed by atoms with Crippen LogP contribution in [-0.4, -0.2) is 19.6 Å². The molecule has 3 aliphatic rings. The van der Waals surface area contributed by atoms with Crippen molar-refractivity contribution in [1.29, 1.82) is 0 Å². The summed E-state index contributed by atoms with van der Waals surface area (Å²) in [5.41, 5.74) is 1.23. The maximum absolute atomic E-state index is 13.3. The monoisotopic (exact) mass is 778 g/mol. The summed E-state index contributed by atoms with van der Waals surface area (Å²) in [6.45, 7) is 2.32. The van der Waals surface area contributed by atoms with E-state index in [4.69, 9.17) is 0 Å². The van der Waals surface area contributed by atoms with Crippen LogP contribution in [-0.2, 0) is 20.1 Å². The van der Waals surface area contributed by atoms with E-state index in [0.29, 0.717) is 16.7 Å². The van der Waals surface area contributed by atoms with Gasteiger partial charge in [0.1, 0.15) is 0 Å². The standard InChI is InChI=1S/3C11H11F2N.Ir/c3*12-8-4-5-9(10(13)7-8)11-3-1-2-6-14-11;/h3*4,7,11H,1-3,6H2;/q3*-2;. The van der Waals surface area contributed by atoms with Gasteiger partial charge in [0.05, 0.1) is 0 Å². The van der Waals surface area contributed by atoms with Crippen molar-refractivity contribution in [2.24, 2.45) is 0 Å². The van der Waals surface area contributed by atoms with Gasteiger partial charge in [-0.2, -0.15) is 18.2 Å². The van der Waals surface area contributed by atoms with Gasteiger partial charge in [-0.15, -0.1) is 90.8 Å². The zero-order chi connectivity index (χ0) is 29.9. The van der Waals surface area contributed by atoms with Crippen molar-refractivity contribution in [1.82, 2.24) is 0 Å². The summed E-state index contributed by atoms with van der Waals surface area (Å²) >= 11 is 0. The van der Waals surface area contributed by atoms with Gasteiger partial charge in [0.2, 0.25) is 0 Å². The molecular formula is C33H33F6IrN3-6. The Morgan fingerprint density at radius 2 is 0.744 bits per heavy atom. The first kappa shape index (κ1) is 35.3. The molecule has 3 heterocycles. The molecule has 43 heavy (non-hydrogen) atoms. The van der Waals surface area contributed by atoms with Crippen LogP contribution in [0.25, 0.3) is 16.0 Å². The Balaban J connectivity index is 0.000000175. The minimum Gasteiger partial charge on any atom is -0.657 e. The second kappa shape index (κ2) is 17.9. The maximum Gasteiger partial charge on any atom is 0.0132 e. The molecule has 0 spiro atoms. The molecule has 0 saturated carbocycles. The third kappa shape index (κ3) is 10.7. The van der Waals surface area contributed by atoms with Gasteiger partial charge in [-0.25, -0.2) is 0 Å². The van der Waals surface area contributed by atoms with Crippen molar-refractivity contribution in [3.05, 3.63) is 122 Å². The van der Waals surface area contributed by atoms with Crippen LogP contribution < -0.4 is 0 Å². The van der Waals surface area contributed by atoms with E-state index in [1.165, 1.54) is 18.2 Å². The Morgan fingerprint density at radius 1 is 0.465 bits per heavy atom. The Kier molecular flexibility index (Phi) is 14.7. The largest absolute Gasteiger partial charge is 0.657 e. The summed E-state index contributed by atoms with van der Waals surface area (Å²) in [7, 11) is 0. The number of halogens is 6. The van der Waals surface area contributed by atoms with Crippen molar-refractivity contribution in [3.8, 4) is 0 Å². The van der Waals surface area contributed by atoms with Crippen LogP contribution in [0.1, 0.15) is 92.6 Å². The van der Waals surface area contributed by atoms with Crippen molar-refractivity contribution >= 4 is 0 Å². The van der Waals surface area contributed by atoms with Crippen LogP contribution in [0, 0.1) is 53.1 Å². The Hall–Kier alpha value is -2.23. The van der Waals surface area contributed by atoms with Crippen LogP contribution in [0.15, 0.2) is 36.4 Å². The number of hydrogen-bond donors (Lipinski definition) is 0. The quantitative estimate of drug-likeness (QED) is 0.188. The SMILES string of the molecule is Fc1c[c-]c(C2CCCC[N-]2)c(F)c1.Fc1c[c-]c(C2CCCC[N-]2)c(F)c1.Fc1c[c-]c(C2CCCC[N-]2)c(F)c1.[Ir]. The third-order valence-electron chi connectivity index (χ3n) is 7.37. The normalized spacial score (nSPS) is 21.8. The van der Waals surface area contributed by atoms with Gasteiger partial charge in [-0.1, -0.05) is 57.8 Å². The molecule has 1 radical (unpaired) electrons. The van der Waals surface area contributed by atoms with Gasteiger partial charge in [-0.3, -0.25) is 26.3 Å². The molecule has 3 aliphatic heterocycles. The number of rotatable bonds is 3. The summed E-state index contributed by atoms with van der Waals surface area (Å²) in [5, 5.41) is 12.9. The van der Waals surface area contributed by atoms with Crippen LogP contribution in [0.4, 0.5) is 26.3 Å². The van der Waals surface area contributed by atoms with Crippen molar-refractivity contribution in [2.75, 3.05) is 19.6 Å². The molecule has 237 valence electrons. The summed E-state index contributed by atoms with van der Waals surface area (Å²) < 4.78 is 77.7. The van der Waals surface area contributed by atoms with Gasteiger partial charge < -0.3 is 16.0 Å². The molecule has 0 aromatic heterocycles. The van der Waals surface area contributed by atoms with E-state index in [-0.39, 0.29) is 38.2 Å². The minimum atomic E-state index is -0.581. The number of benzene rings is 3. The molecule has 3 saturated heterocycles. The predicted molar refractivity (Wildman–Crippen MR) is 150 cm³/mol. The van der Waals surface area contributed by atoms with Crippen molar-refractivity contribution in [3.63, 3.8) is 0 Å². The fourth-order valence-electron chi connectivity index (χ4n) is 5.21. The van der Waals surface area contributed by atoms with Crippen LogP contribution >= 0.6 is 0 Å². The summed E-state index contributed by atoms with van der Waals surface area (Å²) in [6, 6.07) is 13.7. The molecule has 3 aromatic carbocycles.